The minimum Gasteiger partial charge on any atom is -0.507 e. The van der Waals surface area contributed by atoms with Crippen molar-refractivity contribution < 1.29 is 15.0 Å². The van der Waals surface area contributed by atoms with Crippen LogP contribution in [0, 0.1) is 0 Å². The minimum absolute atomic E-state index is 0.0630. The first-order valence-electron chi connectivity index (χ1n) is 3.27. The molecule has 3 nitrogen and oxygen atoms in total. The molecule has 0 unspecified atom stereocenters. The highest BCUT2D eigenvalue weighted by Gasteiger charge is 2.11. The molecule has 0 atom stereocenters. The van der Waals surface area contributed by atoms with E-state index < -0.39 is 5.97 Å². The maximum Gasteiger partial charge on any atom is 0.339 e. The van der Waals surface area contributed by atoms with Crippen molar-refractivity contribution in [3.05, 3.63) is 29.3 Å². The predicted molar refractivity (Wildman–Crippen MR) is 47.7 cm³/mol. The number of para-hydroxylation sites is 1. The molecule has 0 aliphatic heterocycles. The summed E-state index contributed by atoms with van der Waals surface area (Å²) in [6.07, 6.45) is 0. The Labute approximate surface area is 77.8 Å². The van der Waals surface area contributed by atoms with Crippen LogP contribution in [0.4, 0.5) is 0 Å². The zero-order valence-corrected chi connectivity index (χ0v) is 7.71. The zero-order chi connectivity index (χ0) is 9.14. The SMILES string of the molecule is O=C(O)c1cccc(CBr)c1O. The maximum absolute atomic E-state index is 10.5. The number of carboxylic acids is 1. The van der Waals surface area contributed by atoms with Crippen molar-refractivity contribution in [2.75, 3.05) is 0 Å². The number of rotatable bonds is 2. The summed E-state index contributed by atoms with van der Waals surface area (Å²) in [5.41, 5.74) is 0.516. The second kappa shape index (κ2) is 3.58. The van der Waals surface area contributed by atoms with Crippen LogP contribution in [0.25, 0.3) is 0 Å². The highest BCUT2D eigenvalue weighted by molar-refractivity contribution is 9.08. The van der Waals surface area contributed by atoms with Gasteiger partial charge in [0.15, 0.2) is 0 Å². The van der Waals surface area contributed by atoms with Gasteiger partial charge < -0.3 is 10.2 Å². The lowest BCUT2D eigenvalue weighted by Crippen LogP contribution is -1.97. The topological polar surface area (TPSA) is 57.5 Å². The van der Waals surface area contributed by atoms with Gasteiger partial charge >= 0.3 is 5.97 Å². The summed E-state index contributed by atoms with van der Waals surface area (Å²) in [6.45, 7) is 0. The average molecular weight is 231 g/mol. The molecule has 2 N–H and O–H groups in total. The quantitative estimate of drug-likeness (QED) is 0.765. The summed E-state index contributed by atoms with van der Waals surface area (Å²) < 4.78 is 0. The van der Waals surface area contributed by atoms with Gasteiger partial charge in [0, 0.05) is 10.9 Å². The van der Waals surface area contributed by atoms with Crippen LogP contribution in [0.2, 0.25) is 0 Å². The van der Waals surface area contributed by atoms with Gasteiger partial charge in [-0.1, -0.05) is 28.1 Å². The Morgan fingerprint density at radius 1 is 1.50 bits per heavy atom. The third kappa shape index (κ3) is 1.58. The summed E-state index contributed by atoms with van der Waals surface area (Å²) in [7, 11) is 0. The van der Waals surface area contributed by atoms with Gasteiger partial charge in [-0.15, -0.1) is 0 Å². The van der Waals surface area contributed by atoms with Crippen LogP contribution in [0.5, 0.6) is 5.75 Å². The molecular formula is C8H7BrO3. The van der Waals surface area contributed by atoms with Crippen molar-refractivity contribution >= 4 is 21.9 Å². The number of aromatic hydroxyl groups is 1. The number of phenols is 1. The van der Waals surface area contributed by atoms with E-state index in [1.807, 2.05) is 0 Å². The highest BCUT2D eigenvalue weighted by Crippen LogP contribution is 2.24. The molecule has 0 spiro atoms. The first kappa shape index (κ1) is 9.06. The summed E-state index contributed by atoms with van der Waals surface area (Å²) in [6, 6.07) is 4.63. The number of hydrogen-bond acceptors (Lipinski definition) is 2. The van der Waals surface area contributed by atoms with E-state index in [0.717, 1.165) is 0 Å². The van der Waals surface area contributed by atoms with Crippen LogP contribution in [0.3, 0.4) is 0 Å². The van der Waals surface area contributed by atoms with E-state index in [4.69, 9.17) is 5.11 Å². The van der Waals surface area contributed by atoms with Gasteiger partial charge in [-0.3, -0.25) is 0 Å². The lowest BCUT2D eigenvalue weighted by Gasteiger charge is -2.02. The number of benzene rings is 1. The van der Waals surface area contributed by atoms with Crippen LogP contribution in [0.15, 0.2) is 18.2 Å². The van der Waals surface area contributed by atoms with E-state index in [2.05, 4.69) is 15.9 Å². The molecule has 0 saturated heterocycles. The van der Waals surface area contributed by atoms with Gasteiger partial charge in [0.05, 0.1) is 0 Å². The molecule has 1 aromatic carbocycles. The number of halogens is 1. The molecular weight excluding hydrogens is 224 g/mol. The normalized spacial score (nSPS) is 9.75. The van der Waals surface area contributed by atoms with Gasteiger partial charge in [-0.25, -0.2) is 4.79 Å². The van der Waals surface area contributed by atoms with Crippen molar-refractivity contribution in [3.8, 4) is 5.75 Å². The second-order valence-electron chi connectivity index (χ2n) is 2.25. The highest BCUT2D eigenvalue weighted by atomic mass is 79.9. The first-order valence-corrected chi connectivity index (χ1v) is 4.39. The molecule has 0 saturated carbocycles. The second-order valence-corrected chi connectivity index (χ2v) is 2.81. The van der Waals surface area contributed by atoms with E-state index >= 15 is 0 Å². The van der Waals surface area contributed by atoms with Crippen LogP contribution in [-0.4, -0.2) is 16.2 Å². The van der Waals surface area contributed by atoms with Crippen molar-refractivity contribution in [1.82, 2.24) is 0 Å². The molecule has 0 aliphatic carbocycles. The molecule has 0 fully saturated rings. The summed E-state index contributed by atoms with van der Waals surface area (Å²) in [5.74, 6) is -1.28. The van der Waals surface area contributed by atoms with E-state index in [1.165, 1.54) is 6.07 Å². The number of carboxylic acid groups (broad SMARTS) is 1. The number of carbonyl (C=O) groups is 1. The van der Waals surface area contributed by atoms with Crippen molar-refractivity contribution in [1.29, 1.82) is 0 Å². The fourth-order valence-corrected chi connectivity index (χ4v) is 1.32. The molecule has 0 heterocycles. The average Bonchev–Trinajstić information content (AvgIpc) is 2.04. The third-order valence-corrected chi connectivity index (χ3v) is 2.10. The fraction of sp³-hybridized carbons (Fsp3) is 0.125. The Hall–Kier alpha value is -1.03. The van der Waals surface area contributed by atoms with E-state index in [0.29, 0.717) is 10.9 Å². The van der Waals surface area contributed by atoms with Crippen LogP contribution in [0.1, 0.15) is 15.9 Å². The molecule has 0 bridgehead atoms. The van der Waals surface area contributed by atoms with Crippen molar-refractivity contribution in [3.63, 3.8) is 0 Å². The van der Waals surface area contributed by atoms with Crippen LogP contribution < -0.4 is 0 Å². The molecule has 0 radical (unpaired) electrons. The molecule has 0 aliphatic rings. The molecule has 64 valence electrons. The maximum atomic E-state index is 10.5. The van der Waals surface area contributed by atoms with Crippen LogP contribution in [-0.2, 0) is 5.33 Å². The van der Waals surface area contributed by atoms with Crippen LogP contribution >= 0.6 is 15.9 Å². The summed E-state index contributed by atoms with van der Waals surface area (Å²) >= 11 is 3.14. The van der Waals surface area contributed by atoms with Gasteiger partial charge in [0.1, 0.15) is 11.3 Å². The summed E-state index contributed by atoms with van der Waals surface area (Å²) in [5, 5.41) is 18.4. The largest absolute Gasteiger partial charge is 0.507 e. The monoisotopic (exact) mass is 230 g/mol. The standard InChI is InChI=1S/C8H7BrO3/c9-4-5-2-1-3-6(7(5)10)8(11)12/h1-3,10H,4H2,(H,11,12). The van der Waals surface area contributed by atoms with Gasteiger partial charge in [-0.2, -0.15) is 0 Å². The lowest BCUT2D eigenvalue weighted by molar-refractivity contribution is 0.0693. The Bertz CT molecular complexity index is 309. The van der Waals surface area contributed by atoms with Crippen molar-refractivity contribution in [2.24, 2.45) is 0 Å². The van der Waals surface area contributed by atoms with Gasteiger partial charge in [0.25, 0.3) is 0 Å². The van der Waals surface area contributed by atoms with Crippen molar-refractivity contribution in [2.45, 2.75) is 5.33 Å². The fourth-order valence-electron chi connectivity index (χ4n) is 0.872. The first-order chi connectivity index (χ1) is 5.66. The Kier molecular flexibility index (Phi) is 2.70. The third-order valence-electron chi connectivity index (χ3n) is 1.49. The zero-order valence-electron chi connectivity index (χ0n) is 6.12. The minimum atomic E-state index is -1.12. The molecule has 0 amide bonds. The van der Waals surface area contributed by atoms with E-state index in [9.17, 15) is 9.90 Å². The molecule has 0 aromatic heterocycles. The summed E-state index contributed by atoms with van der Waals surface area (Å²) in [4.78, 5) is 10.5. The Morgan fingerprint density at radius 2 is 2.17 bits per heavy atom. The molecule has 12 heavy (non-hydrogen) atoms. The van der Waals surface area contributed by atoms with E-state index in [-0.39, 0.29) is 11.3 Å². The van der Waals surface area contributed by atoms with E-state index in [1.54, 1.807) is 12.1 Å². The number of aromatic carboxylic acids is 1. The molecule has 1 rings (SSSR count). The molecule has 1 aromatic rings. The smallest absolute Gasteiger partial charge is 0.339 e. The Balaban J connectivity index is 3.23. The van der Waals surface area contributed by atoms with Gasteiger partial charge in [0.2, 0.25) is 0 Å². The van der Waals surface area contributed by atoms with Gasteiger partial charge in [-0.05, 0) is 6.07 Å². The Morgan fingerprint density at radius 3 is 2.67 bits per heavy atom. The number of alkyl halides is 1. The molecule has 4 heteroatoms. The predicted octanol–water partition coefficient (Wildman–Crippen LogP) is 1.99. The lowest BCUT2D eigenvalue weighted by atomic mass is 10.1. The number of hydrogen-bond donors (Lipinski definition) is 2.